The van der Waals surface area contributed by atoms with E-state index in [0.717, 1.165) is 10.6 Å². The Kier molecular flexibility index (Phi) is 13.1. The van der Waals surface area contributed by atoms with Gasteiger partial charge in [0.1, 0.15) is 30.5 Å². The molecule has 0 spiro atoms. The third-order valence-electron chi connectivity index (χ3n) is 9.97. The number of fused-ring (bicyclic) bond motifs is 1. The number of urea groups is 1. The Bertz CT molecular complexity index is 1510. The number of ether oxygens (including phenoxy) is 1. The number of rotatable bonds is 15. The van der Waals surface area contributed by atoms with E-state index < -0.39 is 81.6 Å². The summed E-state index contributed by atoms with van der Waals surface area (Å²) in [5.41, 5.74) is -1.71. The van der Waals surface area contributed by atoms with Crippen LogP contribution in [-0.2, 0) is 24.4 Å². The quantitative estimate of drug-likeness (QED) is 0.201. The molecule has 0 radical (unpaired) electrons. The molecule has 4 N–H and O–H groups in total. The highest BCUT2D eigenvalue weighted by molar-refractivity contribution is 7.88. The van der Waals surface area contributed by atoms with Crippen molar-refractivity contribution in [3.05, 3.63) is 30.3 Å². The lowest BCUT2D eigenvalue weighted by Gasteiger charge is -2.39. The van der Waals surface area contributed by atoms with Gasteiger partial charge < -0.3 is 30.9 Å². The Morgan fingerprint density at radius 3 is 2.14 bits per heavy atom. The van der Waals surface area contributed by atoms with Crippen molar-refractivity contribution in [3.8, 4) is 5.75 Å². The van der Waals surface area contributed by atoms with E-state index in [0.29, 0.717) is 5.75 Å². The number of para-hydroxylation sites is 1. The van der Waals surface area contributed by atoms with Crippen LogP contribution < -0.4 is 26.0 Å². The number of carbonyl (C=O) groups excluding carboxylic acids is 4. The van der Waals surface area contributed by atoms with Crippen molar-refractivity contribution in [3.63, 3.8) is 0 Å². The molecular formula is C35H56F2N6O7S. The molecule has 0 bridgehead atoms. The average Bonchev–Trinajstić information content (AvgIpc) is 3.31. The van der Waals surface area contributed by atoms with Crippen LogP contribution in [0.25, 0.3) is 0 Å². The number of nitrogens with one attached hydrogen (secondary N) is 4. The van der Waals surface area contributed by atoms with E-state index in [1.165, 1.54) is 11.9 Å². The van der Waals surface area contributed by atoms with Crippen molar-refractivity contribution in [1.29, 1.82) is 0 Å². The first kappa shape index (κ1) is 41.9. The van der Waals surface area contributed by atoms with Gasteiger partial charge in [-0.2, -0.15) is 0 Å². The number of hydrogen-bond acceptors (Lipinski definition) is 7. The molecule has 0 unspecified atom stereocenters. The summed E-state index contributed by atoms with van der Waals surface area (Å²) in [7, 11) is -2.12. The fraction of sp³-hybridized carbons (Fsp3) is 0.714. The summed E-state index contributed by atoms with van der Waals surface area (Å²) < 4.78 is 58.2. The lowest BCUT2D eigenvalue weighted by Crippen LogP contribution is -2.62. The maximum Gasteiger partial charge on any atom is 0.315 e. The van der Waals surface area contributed by atoms with E-state index in [-0.39, 0.29) is 43.5 Å². The number of benzene rings is 1. The maximum atomic E-state index is 14.3. The molecule has 16 heteroatoms. The standard InChI is InChI=1S/C35H56F2N6O7S/c1-33(2,3)24(20-42(9)51(10,48)49)40-32(47)41-28(34(4,5)6)31(46)43-19-22-26(35(22,7)8)27(43)30(45)39-23(18-25(36)37)29(44)38-16-17-50-21-14-12-11-13-15-21/h11-15,22-28H,16-20H2,1-10H3,(H,38,44)(H,39,45)(H2,40,41,47)/t22-,23-,24+,26-,27-,28+/m0/s1. The van der Waals surface area contributed by atoms with Crippen LogP contribution in [0, 0.1) is 28.1 Å². The van der Waals surface area contributed by atoms with Crippen molar-refractivity contribution in [1.82, 2.24) is 30.5 Å². The molecule has 6 atom stereocenters. The molecule has 2 aliphatic rings. The summed E-state index contributed by atoms with van der Waals surface area (Å²) in [4.78, 5) is 56.1. The molecule has 5 amide bonds. The molecule has 1 saturated heterocycles. The predicted molar refractivity (Wildman–Crippen MR) is 189 cm³/mol. The number of amides is 5. The highest BCUT2D eigenvalue weighted by Gasteiger charge is 2.70. The molecule has 1 aliphatic heterocycles. The SMILES string of the molecule is CN(C[C@@H](NC(=O)N[C@H](C(=O)N1C[C@H]2[C@@H]([C@H]1C(=O)N[C@@H](CC(F)F)C(=O)NCCOc1ccccc1)C2(C)C)C(C)(C)C)C(C)(C)C)S(C)(=O)=O. The second-order valence-electron chi connectivity index (χ2n) is 16.4. The Morgan fingerprint density at radius 1 is 1.00 bits per heavy atom. The van der Waals surface area contributed by atoms with Crippen molar-refractivity contribution in [2.45, 2.75) is 92.4 Å². The van der Waals surface area contributed by atoms with Crippen LogP contribution in [0.3, 0.4) is 0 Å². The highest BCUT2D eigenvalue weighted by Crippen LogP contribution is 2.65. The predicted octanol–water partition coefficient (Wildman–Crippen LogP) is 2.82. The van der Waals surface area contributed by atoms with Gasteiger partial charge in [0.2, 0.25) is 34.2 Å². The minimum Gasteiger partial charge on any atom is -0.492 e. The number of likely N-dealkylation sites (N-methyl/N-ethyl adjacent to an activating group) is 1. The summed E-state index contributed by atoms with van der Waals surface area (Å²) in [5, 5.41) is 10.6. The first-order valence-corrected chi connectivity index (χ1v) is 19.0. The van der Waals surface area contributed by atoms with Crippen molar-refractivity contribution >= 4 is 33.8 Å². The van der Waals surface area contributed by atoms with Gasteiger partial charge >= 0.3 is 6.03 Å². The summed E-state index contributed by atoms with van der Waals surface area (Å²) >= 11 is 0. The third-order valence-corrected chi connectivity index (χ3v) is 11.2. The molecule has 0 aromatic heterocycles. The minimum atomic E-state index is -3.54. The second kappa shape index (κ2) is 16.0. The zero-order valence-corrected chi connectivity index (χ0v) is 32.2. The smallest absolute Gasteiger partial charge is 0.315 e. The van der Waals surface area contributed by atoms with E-state index in [4.69, 9.17) is 4.74 Å². The van der Waals surface area contributed by atoms with Gasteiger partial charge in [0.15, 0.2) is 0 Å². The van der Waals surface area contributed by atoms with Gasteiger partial charge in [0, 0.05) is 32.6 Å². The number of likely N-dealkylation sites (tertiary alicyclic amines) is 1. The molecule has 51 heavy (non-hydrogen) atoms. The van der Waals surface area contributed by atoms with Gasteiger partial charge in [0.05, 0.1) is 12.8 Å². The number of alkyl halides is 2. The summed E-state index contributed by atoms with van der Waals surface area (Å²) in [6.45, 7) is 15.0. The molecule has 1 heterocycles. The number of piperidine rings is 1. The number of nitrogens with zero attached hydrogens (tertiary/aromatic N) is 2. The monoisotopic (exact) mass is 742 g/mol. The van der Waals surface area contributed by atoms with Gasteiger partial charge in [0.25, 0.3) is 0 Å². The fourth-order valence-corrected chi connectivity index (χ4v) is 6.96. The topological polar surface area (TPSA) is 166 Å². The number of sulfonamides is 1. The Morgan fingerprint density at radius 2 is 1.61 bits per heavy atom. The maximum absolute atomic E-state index is 14.3. The molecule has 1 aromatic carbocycles. The molecule has 13 nitrogen and oxygen atoms in total. The molecule has 3 rings (SSSR count). The van der Waals surface area contributed by atoms with E-state index in [2.05, 4.69) is 21.3 Å². The van der Waals surface area contributed by atoms with Crippen molar-refractivity contribution in [2.24, 2.45) is 28.1 Å². The Balaban J connectivity index is 1.77. The molecule has 1 saturated carbocycles. The number of hydrogen-bond donors (Lipinski definition) is 4. The summed E-state index contributed by atoms with van der Waals surface area (Å²) in [6.07, 6.45) is -2.75. The van der Waals surface area contributed by atoms with Gasteiger partial charge in [-0.3, -0.25) is 14.4 Å². The van der Waals surface area contributed by atoms with Crippen LogP contribution in [0.15, 0.2) is 30.3 Å². The average molecular weight is 743 g/mol. The zero-order valence-electron chi connectivity index (χ0n) is 31.4. The second-order valence-corrected chi connectivity index (χ2v) is 18.5. The van der Waals surface area contributed by atoms with E-state index >= 15 is 0 Å². The number of carbonyl (C=O) groups is 4. The largest absolute Gasteiger partial charge is 0.492 e. The third kappa shape index (κ3) is 11.0. The molecule has 1 aromatic rings. The van der Waals surface area contributed by atoms with Gasteiger partial charge in [-0.05, 0) is 40.2 Å². The van der Waals surface area contributed by atoms with Crippen LogP contribution in [0.4, 0.5) is 13.6 Å². The molecule has 2 fully saturated rings. The van der Waals surface area contributed by atoms with E-state index in [9.17, 15) is 36.4 Å². The Hall–Kier alpha value is -3.53. The fourth-order valence-electron chi connectivity index (χ4n) is 6.54. The van der Waals surface area contributed by atoms with E-state index in [1.807, 2.05) is 40.7 Å². The van der Waals surface area contributed by atoms with Gasteiger partial charge in [-0.15, -0.1) is 0 Å². The van der Waals surface area contributed by atoms with Crippen LogP contribution in [0.1, 0.15) is 61.8 Å². The highest BCUT2D eigenvalue weighted by atomic mass is 32.2. The summed E-state index contributed by atoms with van der Waals surface area (Å²) in [6, 6.07) is 3.79. The summed E-state index contributed by atoms with van der Waals surface area (Å²) in [5.74, 6) is -1.83. The molecule has 288 valence electrons. The van der Waals surface area contributed by atoms with E-state index in [1.54, 1.807) is 45.0 Å². The zero-order chi connectivity index (χ0) is 38.7. The Labute approximate surface area is 301 Å². The lowest BCUT2D eigenvalue weighted by molar-refractivity contribution is -0.144. The van der Waals surface area contributed by atoms with Gasteiger partial charge in [-0.1, -0.05) is 73.6 Å². The van der Waals surface area contributed by atoms with Crippen LogP contribution in [0.5, 0.6) is 5.75 Å². The first-order chi connectivity index (χ1) is 23.4. The minimum absolute atomic E-state index is 0.00981. The molecule has 1 aliphatic carbocycles. The normalized spacial score (nSPS) is 21.7. The van der Waals surface area contributed by atoms with Crippen LogP contribution in [0.2, 0.25) is 0 Å². The lowest BCUT2D eigenvalue weighted by atomic mass is 9.85. The van der Waals surface area contributed by atoms with Crippen molar-refractivity contribution < 1.29 is 41.1 Å². The van der Waals surface area contributed by atoms with Gasteiger partial charge in [-0.25, -0.2) is 26.3 Å². The van der Waals surface area contributed by atoms with Crippen LogP contribution in [-0.4, -0.2) is 112 Å². The first-order valence-electron chi connectivity index (χ1n) is 17.2. The number of halogens is 2. The van der Waals surface area contributed by atoms with Crippen molar-refractivity contribution in [2.75, 3.05) is 39.5 Å². The molecular weight excluding hydrogens is 686 g/mol. The van der Waals surface area contributed by atoms with Crippen LogP contribution >= 0.6 is 0 Å².